The van der Waals surface area contributed by atoms with E-state index >= 15 is 0 Å². The summed E-state index contributed by atoms with van der Waals surface area (Å²) in [7, 11) is 1.82. The van der Waals surface area contributed by atoms with Gasteiger partial charge in [-0.25, -0.2) is 0 Å². The van der Waals surface area contributed by atoms with Crippen molar-refractivity contribution in [3.63, 3.8) is 0 Å². The highest BCUT2D eigenvalue weighted by Crippen LogP contribution is 2.26. The second-order valence-corrected chi connectivity index (χ2v) is 4.40. The van der Waals surface area contributed by atoms with Crippen molar-refractivity contribution in [2.45, 2.75) is 6.92 Å². The van der Waals surface area contributed by atoms with Gasteiger partial charge >= 0.3 is 0 Å². The Labute approximate surface area is 99.1 Å². The molecule has 0 unspecified atom stereocenters. The van der Waals surface area contributed by atoms with Crippen LogP contribution in [0.4, 0.5) is 0 Å². The molecule has 0 saturated carbocycles. The zero-order valence-electron chi connectivity index (χ0n) is 9.90. The molecule has 0 saturated heterocycles. The summed E-state index contributed by atoms with van der Waals surface area (Å²) in [5.74, 6) is 0. The number of aryl methyl sites for hydroxylation is 2. The van der Waals surface area contributed by atoms with Crippen molar-refractivity contribution in [1.29, 1.82) is 0 Å². The molecule has 2 aromatic carbocycles. The van der Waals surface area contributed by atoms with Gasteiger partial charge in [0.1, 0.15) is 0 Å². The molecule has 0 atom stereocenters. The van der Waals surface area contributed by atoms with Crippen molar-refractivity contribution in [3.05, 3.63) is 58.4 Å². The molecule has 3 rings (SSSR count). The van der Waals surface area contributed by atoms with Gasteiger partial charge in [-0.2, -0.15) is 0 Å². The summed E-state index contributed by atoms with van der Waals surface area (Å²) in [5, 5.41) is 3.59. The Morgan fingerprint density at radius 2 is 1.65 bits per heavy atom. The van der Waals surface area contributed by atoms with Crippen molar-refractivity contribution in [2.24, 2.45) is 7.05 Å². The van der Waals surface area contributed by atoms with Crippen LogP contribution in [0.1, 0.15) is 5.56 Å². The van der Waals surface area contributed by atoms with Crippen LogP contribution in [0.3, 0.4) is 0 Å². The Kier molecular flexibility index (Phi) is 2.05. The first-order valence-corrected chi connectivity index (χ1v) is 5.66. The zero-order valence-corrected chi connectivity index (χ0v) is 9.90. The average Bonchev–Trinajstić information content (AvgIpc) is 2.35. The van der Waals surface area contributed by atoms with Gasteiger partial charge in [-0.05, 0) is 35.4 Å². The van der Waals surface area contributed by atoms with Crippen LogP contribution in [0, 0.1) is 6.92 Å². The fraction of sp³-hybridized carbons (Fsp3) is 0.133. The molecule has 0 bridgehead atoms. The van der Waals surface area contributed by atoms with Gasteiger partial charge in [0.15, 0.2) is 0 Å². The highest BCUT2D eigenvalue weighted by molar-refractivity contribution is 6.07. The molecular weight excluding hydrogens is 210 g/mol. The van der Waals surface area contributed by atoms with E-state index in [-0.39, 0.29) is 5.56 Å². The molecule has 1 heterocycles. The van der Waals surface area contributed by atoms with Crippen LogP contribution >= 0.6 is 0 Å². The third-order valence-corrected chi connectivity index (χ3v) is 3.36. The van der Waals surface area contributed by atoms with E-state index in [1.807, 2.05) is 25.2 Å². The number of hydrogen-bond acceptors (Lipinski definition) is 1. The molecule has 0 N–H and O–H groups in total. The standard InChI is InChI=1S/C15H13NO/c1-10-9-14-13(7-8-15(17)16(14)2)12-6-4-3-5-11(10)12/h3-9H,1-2H3. The first-order valence-electron chi connectivity index (χ1n) is 5.66. The molecule has 84 valence electrons. The molecule has 0 radical (unpaired) electrons. The van der Waals surface area contributed by atoms with E-state index in [0.717, 1.165) is 10.9 Å². The minimum atomic E-state index is 0.0344. The van der Waals surface area contributed by atoms with Gasteiger partial charge in [0.05, 0.1) is 5.52 Å². The predicted octanol–water partition coefficient (Wildman–Crippen LogP) is 3.00. The molecule has 2 nitrogen and oxygen atoms in total. The van der Waals surface area contributed by atoms with Crippen molar-refractivity contribution in [1.82, 2.24) is 4.57 Å². The Bertz CT molecular complexity index is 784. The van der Waals surface area contributed by atoms with Crippen LogP contribution in [0.15, 0.2) is 47.3 Å². The highest BCUT2D eigenvalue weighted by atomic mass is 16.1. The Hall–Kier alpha value is -2.09. The normalized spacial score (nSPS) is 11.2. The molecule has 1 aromatic heterocycles. The van der Waals surface area contributed by atoms with Crippen molar-refractivity contribution in [2.75, 3.05) is 0 Å². The summed E-state index contributed by atoms with van der Waals surface area (Å²) in [6.45, 7) is 2.08. The maximum absolute atomic E-state index is 11.6. The third kappa shape index (κ3) is 1.37. The number of nitrogens with zero attached hydrogens (tertiary/aromatic N) is 1. The van der Waals surface area contributed by atoms with Gasteiger partial charge in [-0.15, -0.1) is 0 Å². The summed E-state index contributed by atoms with van der Waals surface area (Å²) in [6.07, 6.45) is 0. The zero-order chi connectivity index (χ0) is 12.0. The van der Waals surface area contributed by atoms with Crippen LogP contribution in [-0.4, -0.2) is 4.57 Å². The maximum Gasteiger partial charge on any atom is 0.250 e. The molecule has 0 aliphatic heterocycles. The van der Waals surface area contributed by atoms with Crippen LogP contribution in [0.2, 0.25) is 0 Å². The first kappa shape index (κ1) is 10.1. The third-order valence-electron chi connectivity index (χ3n) is 3.36. The average molecular weight is 223 g/mol. The molecule has 2 heteroatoms. The number of hydrogen-bond donors (Lipinski definition) is 0. The monoisotopic (exact) mass is 223 g/mol. The lowest BCUT2D eigenvalue weighted by Gasteiger charge is -2.10. The Balaban J connectivity index is 2.67. The number of rotatable bonds is 0. The fourth-order valence-corrected chi connectivity index (χ4v) is 2.40. The topological polar surface area (TPSA) is 22.0 Å². The smallest absolute Gasteiger partial charge is 0.250 e. The Morgan fingerprint density at radius 3 is 2.41 bits per heavy atom. The van der Waals surface area contributed by atoms with Gasteiger partial charge in [0.2, 0.25) is 0 Å². The fourth-order valence-electron chi connectivity index (χ4n) is 2.40. The molecule has 0 fully saturated rings. The van der Waals surface area contributed by atoms with Crippen LogP contribution < -0.4 is 5.56 Å². The van der Waals surface area contributed by atoms with Gasteiger partial charge in [-0.3, -0.25) is 4.79 Å². The quantitative estimate of drug-likeness (QED) is 0.537. The maximum atomic E-state index is 11.6. The summed E-state index contributed by atoms with van der Waals surface area (Å²) in [5.41, 5.74) is 2.23. The van der Waals surface area contributed by atoms with E-state index in [2.05, 4.69) is 25.1 Å². The number of fused-ring (bicyclic) bond motifs is 3. The van der Waals surface area contributed by atoms with E-state index in [0.29, 0.717) is 0 Å². The van der Waals surface area contributed by atoms with E-state index in [4.69, 9.17) is 0 Å². The van der Waals surface area contributed by atoms with Crippen LogP contribution in [0.25, 0.3) is 21.7 Å². The Morgan fingerprint density at radius 1 is 0.941 bits per heavy atom. The van der Waals surface area contributed by atoms with Gasteiger partial charge in [0, 0.05) is 18.5 Å². The van der Waals surface area contributed by atoms with E-state index in [1.54, 1.807) is 10.6 Å². The second-order valence-electron chi connectivity index (χ2n) is 4.40. The van der Waals surface area contributed by atoms with Crippen LogP contribution in [-0.2, 0) is 7.05 Å². The summed E-state index contributed by atoms with van der Waals surface area (Å²) in [6, 6.07) is 13.9. The highest BCUT2D eigenvalue weighted by Gasteiger charge is 2.05. The molecule has 0 aliphatic carbocycles. The minimum absolute atomic E-state index is 0.0344. The second kappa shape index (κ2) is 3.45. The van der Waals surface area contributed by atoms with Crippen molar-refractivity contribution < 1.29 is 0 Å². The summed E-state index contributed by atoms with van der Waals surface area (Å²) < 4.78 is 1.70. The number of benzene rings is 2. The predicted molar refractivity (Wildman–Crippen MR) is 71.4 cm³/mol. The molecule has 0 amide bonds. The SMILES string of the molecule is Cc1cc2c(ccc(=O)n2C)c2ccccc12. The van der Waals surface area contributed by atoms with Crippen molar-refractivity contribution in [3.8, 4) is 0 Å². The molecule has 0 spiro atoms. The largest absolute Gasteiger partial charge is 0.311 e. The van der Waals surface area contributed by atoms with Gasteiger partial charge in [-0.1, -0.05) is 24.3 Å². The summed E-state index contributed by atoms with van der Waals surface area (Å²) >= 11 is 0. The molecule has 17 heavy (non-hydrogen) atoms. The van der Waals surface area contributed by atoms with Gasteiger partial charge < -0.3 is 4.57 Å². The van der Waals surface area contributed by atoms with Crippen LogP contribution in [0.5, 0.6) is 0 Å². The lowest BCUT2D eigenvalue weighted by atomic mass is 10.0. The molecular formula is C15H13NO. The minimum Gasteiger partial charge on any atom is -0.311 e. The van der Waals surface area contributed by atoms with E-state index in [1.165, 1.54) is 16.3 Å². The number of aromatic nitrogens is 1. The number of pyridine rings is 1. The van der Waals surface area contributed by atoms with Crippen molar-refractivity contribution >= 4 is 21.7 Å². The molecule has 3 aromatic rings. The van der Waals surface area contributed by atoms with E-state index < -0.39 is 0 Å². The van der Waals surface area contributed by atoms with Gasteiger partial charge in [0.25, 0.3) is 5.56 Å². The first-order chi connectivity index (χ1) is 8.18. The summed E-state index contributed by atoms with van der Waals surface area (Å²) in [4.78, 5) is 11.6. The van der Waals surface area contributed by atoms with E-state index in [9.17, 15) is 4.79 Å². The lowest BCUT2D eigenvalue weighted by molar-refractivity contribution is 0.906. The lowest BCUT2D eigenvalue weighted by Crippen LogP contribution is -2.15. The molecule has 0 aliphatic rings.